The number of hydrogen-bond acceptors (Lipinski definition) is 3. The minimum absolute atomic E-state index is 0.108. The van der Waals surface area contributed by atoms with Crippen molar-refractivity contribution >= 4 is 46.3 Å². The van der Waals surface area contributed by atoms with Crippen molar-refractivity contribution in [2.75, 3.05) is 19.6 Å². The first kappa shape index (κ1) is 18.9. The van der Waals surface area contributed by atoms with Crippen LogP contribution in [0, 0.1) is 5.41 Å². The Morgan fingerprint density at radius 3 is 2.04 bits per heavy atom. The topological polar surface area (TPSA) is 40.6 Å². The highest BCUT2D eigenvalue weighted by Gasteiger charge is 2.43. The van der Waals surface area contributed by atoms with Gasteiger partial charge in [-0.2, -0.15) is 0 Å². The van der Waals surface area contributed by atoms with Gasteiger partial charge in [0.25, 0.3) is 11.8 Å². The van der Waals surface area contributed by atoms with Crippen LogP contribution in [0.5, 0.6) is 0 Å². The van der Waals surface area contributed by atoms with Crippen LogP contribution in [0.15, 0.2) is 48.5 Å². The lowest BCUT2D eigenvalue weighted by atomic mass is 9.73. The van der Waals surface area contributed by atoms with Gasteiger partial charge in [0, 0.05) is 47.5 Å². The van der Waals surface area contributed by atoms with Gasteiger partial charge in [-0.1, -0.05) is 35.9 Å². The largest absolute Gasteiger partial charge is 0.274 e. The molecule has 0 aromatic heterocycles. The Morgan fingerprint density at radius 2 is 1.48 bits per heavy atom. The zero-order valence-corrected chi connectivity index (χ0v) is 17.7. The van der Waals surface area contributed by atoms with Gasteiger partial charge in [0.05, 0.1) is 11.1 Å². The Morgan fingerprint density at radius 1 is 0.926 bits per heavy atom. The number of nitrogens with zero attached hydrogens (tertiary/aromatic N) is 2. The molecule has 1 fully saturated rings. The number of fused-ring (bicyclic) bond motifs is 1. The van der Waals surface area contributed by atoms with E-state index in [-0.39, 0.29) is 17.2 Å². The van der Waals surface area contributed by atoms with Gasteiger partial charge in [-0.3, -0.25) is 14.5 Å². The third kappa shape index (κ3) is 3.77. The molecule has 2 aliphatic rings. The predicted molar refractivity (Wildman–Crippen MR) is 114 cm³/mol. The maximum Gasteiger partial charge on any atom is 0.261 e. The van der Waals surface area contributed by atoms with Gasteiger partial charge in [0.15, 0.2) is 0 Å². The highest BCUT2D eigenvalue weighted by molar-refractivity contribution is 14.1. The molecule has 4 rings (SSSR count). The number of carbonyl (C=O) groups is 2. The molecule has 6 heteroatoms. The summed E-state index contributed by atoms with van der Waals surface area (Å²) >= 11 is 8.38. The number of imide groups is 1. The maximum atomic E-state index is 12.9. The van der Waals surface area contributed by atoms with Crippen molar-refractivity contribution < 1.29 is 9.59 Å². The molecule has 140 valence electrons. The quantitative estimate of drug-likeness (QED) is 0.354. The molecule has 2 aromatic carbocycles. The third-order valence-electron chi connectivity index (χ3n) is 5.63. The fourth-order valence-electron chi connectivity index (χ4n) is 4.10. The number of amides is 2. The molecule has 1 saturated heterocycles. The van der Waals surface area contributed by atoms with Crippen molar-refractivity contribution in [3.63, 3.8) is 0 Å². The van der Waals surface area contributed by atoms with Crippen LogP contribution >= 0.6 is 34.5 Å². The van der Waals surface area contributed by atoms with Crippen molar-refractivity contribution in [2.24, 2.45) is 5.41 Å². The molecule has 27 heavy (non-hydrogen) atoms. The summed E-state index contributed by atoms with van der Waals surface area (Å²) in [6, 6.07) is 15.0. The van der Waals surface area contributed by atoms with E-state index in [0.29, 0.717) is 17.7 Å². The van der Waals surface area contributed by atoms with E-state index in [4.69, 9.17) is 11.6 Å². The monoisotopic (exact) mass is 494 g/mol. The van der Waals surface area contributed by atoms with Crippen LogP contribution in [0.25, 0.3) is 0 Å². The van der Waals surface area contributed by atoms with E-state index in [9.17, 15) is 9.59 Å². The van der Waals surface area contributed by atoms with Crippen molar-refractivity contribution in [1.82, 2.24) is 8.01 Å². The molecule has 2 aromatic rings. The first-order valence-electron chi connectivity index (χ1n) is 9.08. The van der Waals surface area contributed by atoms with Crippen LogP contribution < -0.4 is 0 Å². The minimum Gasteiger partial charge on any atom is -0.274 e. The van der Waals surface area contributed by atoms with Gasteiger partial charge in [0.1, 0.15) is 0 Å². The smallest absolute Gasteiger partial charge is 0.261 e. The third-order valence-corrected chi connectivity index (χ3v) is 6.85. The summed E-state index contributed by atoms with van der Waals surface area (Å²) in [6.45, 7) is 2.38. The highest BCUT2D eigenvalue weighted by Crippen LogP contribution is 2.39. The Labute approximate surface area is 178 Å². The van der Waals surface area contributed by atoms with E-state index in [0.717, 1.165) is 37.4 Å². The summed E-state index contributed by atoms with van der Waals surface area (Å²) in [7, 11) is 0. The van der Waals surface area contributed by atoms with E-state index in [1.165, 1.54) is 10.5 Å². The van der Waals surface area contributed by atoms with Crippen molar-refractivity contribution in [3.8, 4) is 0 Å². The molecular weight excluding hydrogens is 475 g/mol. The van der Waals surface area contributed by atoms with Crippen LogP contribution in [0.2, 0.25) is 5.02 Å². The zero-order valence-electron chi connectivity index (χ0n) is 14.8. The summed E-state index contributed by atoms with van der Waals surface area (Å²) in [4.78, 5) is 27.2. The lowest BCUT2D eigenvalue weighted by Crippen LogP contribution is -2.47. The maximum absolute atomic E-state index is 12.9. The second-order valence-electron chi connectivity index (χ2n) is 7.46. The fraction of sp³-hybridized carbons (Fsp3) is 0.333. The van der Waals surface area contributed by atoms with Gasteiger partial charge in [0.2, 0.25) is 0 Å². The molecule has 0 radical (unpaired) electrons. The second-order valence-corrected chi connectivity index (χ2v) is 9.26. The lowest BCUT2D eigenvalue weighted by Gasteiger charge is -2.42. The standard InChI is InChI=1S/C21H20ClIN2O2/c22-16-7-5-15(6-8-16)13-21(9-11-24(23)12-10-21)14-25-19(26)17-3-1-2-4-18(17)20(25)27/h1-8H,9-14H2. The normalized spacial score (nSPS) is 19.4. The molecule has 4 nitrogen and oxygen atoms in total. The van der Waals surface area contributed by atoms with Gasteiger partial charge < -0.3 is 0 Å². The molecule has 2 aliphatic heterocycles. The highest BCUT2D eigenvalue weighted by atomic mass is 127. The summed E-state index contributed by atoms with van der Waals surface area (Å²) in [5.41, 5.74) is 2.13. The summed E-state index contributed by atoms with van der Waals surface area (Å²) in [5, 5.41) is 0.718. The first-order valence-corrected chi connectivity index (χ1v) is 10.4. The van der Waals surface area contributed by atoms with E-state index in [2.05, 4.69) is 26.0 Å². The van der Waals surface area contributed by atoms with Gasteiger partial charge in [-0.05, 0) is 54.5 Å². The average Bonchev–Trinajstić information content (AvgIpc) is 2.91. The number of piperidine rings is 1. The Hall–Kier alpha value is -1.44. The number of halogens is 2. The van der Waals surface area contributed by atoms with E-state index >= 15 is 0 Å². The summed E-state index contributed by atoms with van der Waals surface area (Å²) in [6.07, 6.45) is 2.74. The number of carbonyl (C=O) groups excluding carboxylic acids is 2. The first-order chi connectivity index (χ1) is 13.0. The molecule has 0 spiro atoms. The van der Waals surface area contributed by atoms with E-state index in [1.807, 2.05) is 36.4 Å². The van der Waals surface area contributed by atoms with Crippen LogP contribution in [0.1, 0.15) is 39.1 Å². The zero-order chi connectivity index (χ0) is 19.0. The Bertz CT molecular complexity index is 841. The molecule has 2 amide bonds. The molecule has 0 saturated carbocycles. The molecular formula is C21H20ClIN2O2. The molecule has 0 aliphatic carbocycles. The van der Waals surface area contributed by atoms with Crippen LogP contribution in [0.4, 0.5) is 0 Å². The van der Waals surface area contributed by atoms with Gasteiger partial charge in [-0.15, -0.1) is 0 Å². The van der Waals surface area contributed by atoms with Gasteiger partial charge in [-0.25, -0.2) is 3.11 Å². The SMILES string of the molecule is O=C1c2ccccc2C(=O)N1CC1(Cc2ccc(Cl)cc2)CCN(I)CC1. The Kier molecular flexibility index (Phi) is 5.27. The van der Waals surface area contributed by atoms with Gasteiger partial charge >= 0.3 is 0 Å². The fourth-order valence-corrected chi connectivity index (χ4v) is 4.71. The number of hydrogen-bond donors (Lipinski definition) is 0. The predicted octanol–water partition coefficient (Wildman–Crippen LogP) is 4.61. The minimum atomic E-state index is -0.164. The van der Waals surface area contributed by atoms with Crippen LogP contribution in [-0.2, 0) is 6.42 Å². The lowest BCUT2D eigenvalue weighted by molar-refractivity contribution is 0.0500. The Balaban J connectivity index is 1.61. The average molecular weight is 495 g/mol. The van der Waals surface area contributed by atoms with Crippen molar-refractivity contribution in [3.05, 3.63) is 70.2 Å². The van der Waals surface area contributed by atoms with Crippen LogP contribution in [0.3, 0.4) is 0 Å². The second kappa shape index (κ2) is 7.53. The van der Waals surface area contributed by atoms with E-state index in [1.54, 1.807) is 12.1 Å². The number of rotatable bonds is 4. The van der Waals surface area contributed by atoms with Crippen molar-refractivity contribution in [2.45, 2.75) is 19.3 Å². The van der Waals surface area contributed by atoms with Crippen LogP contribution in [-0.4, -0.2) is 39.5 Å². The number of benzene rings is 2. The van der Waals surface area contributed by atoms with E-state index < -0.39 is 0 Å². The summed E-state index contributed by atoms with van der Waals surface area (Å²) in [5.74, 6) is -0.328. The summed E-state index contributed by atoms with van der Waals surface area (Å²) < 4.78 is 2.28. The molecule has 0 N–H and O–H groups in total. The molecule has 0 atom stereocenters. The molecule has 0 bridgehead atoms. The van der Waals surface area contributed by atoms with Crippen molar-refractivity contribution in [1.29, 1.82) is 0 Å². The molecule has 2 heterocycles. The molecule has 0 unspecified atom stereocenters.